The molecule has 4 aromatic carbocycles. The van der Waals surface area contributed by atoms with Crippen molar-refractivity contribution in [2.75, 3.05) is 6.16 Å². The van der Waals surface area contributed by atoms with Crippen molar-refractivity contribution in [2.45, 2.75) is 12.5 Å². The number of aliphatic hydroxyl groups is 1. The van der Waals surface area contributed by atoms with Crippen LogP contribution in [0.1, 0.15) is 16.7 Å². The van der Waals surface area contributed by atoms with E-state index in [-0.39, 0.29) is 6.16 Å². The van der Waals surface area contributed by atoms with Crippen LogP contribution in [-0.4, -0.2) is 11.3 Å². The number of hydrogen-bond donors (Lipinski definition) is 1. The summed E-state index contributed by atoms with van der Waals surface area (Å²) in [6.45, 7) is 2.06. The van der Waals surface area contributed by atoms with E-state index in [4.69, 9.17) is 0 Å². The SMILES string of the molecule is Cc1ccccc1-c1ccccc1[P+](=O)CC(O)(c1ccccc1)c1ccccc1. The van der Waals surface area contributed by atoms with Crippen LogP contribution < -0.4 is 5.30 Å². The molecule has 4 rings (SSSR count). The predicted molar refractivity (Wildman–Crippen MR) is 125 cm³/mol. The first-order chi connectivity index (χ1) is 14.6. The molecule has 0 aromatic heterocycles. The van der Waals surface area contributed by atoms with Gasteiger partial charge in [-0.2, -0.15) is 0 Å². The van der Waals surface area contributed by atoms with Crippen molar-refractivity contribution in [3.05, 3.63) is 126 Å². The van der Waals surface area contributed by atoms with Gasteiger partial charge in [0.15, 0.2) is 17.1 Å². The molecule has 0 bridgehead atoms. The molecule has 1 N–H and O–H groups in total. The Balaban J connectivity index is 1.78. The standard InChI is InChI=1S/C27H24O2P/c1-21-12-8-9-17-24(21)25-18-10-11-19-26(25)30(29)20-27(28,22-13-4-2-5-14-22)23-15-6-3-7-16-23/h2-19,28H,20H2,1H3/q+1. The van der Waals surface area contributed by atoms with Crippen molar-refractivity contribution in [1.29, 1.82) is 0 Å². The van der Waals surface area contributed by atoms with Crippen LogP contribution in [0.3, 0.4) is 0 Å². The van der Waals surface area contributed by atoms with Gasteiger partial charge in [-0.3, -0.25) is 0 Å². The van der Waals surface area contributed by atoms with Gasteiger partial charge in [-0.05, 0) is 41.3 Å². The summed E-state index contributed by atoms with van der Waals surface area (Å²) in [5, 5.41) is 12.6. The lowest BCUT2D eigenvalue weighted by molar-refractivity contribution is 0.106. The van der Waals surface area contributed by atoms with Crippen molar-refractivity contribution in [3.63, 3.8) is 0 Å². The molecule has 3 heteroatoms. The zero-order valence-corrected chi connectivity index (χ0v) is 17.8. The summed E-state index contributed by atoms with van der Waals surface area (Å²) in [4.78, 5) is 0. The summed E-state index contributed by atoms with van der Waals surface area (Å²) in [6, 6.07) is 34.9. The molecule has 0 saturated heterocycles. The van der Waals surface area contributed by atoms with Gasteiger partial charge in [-0.15, -0.1) is 0 Å². The van der Waals surface area contributed by atoms with Gasteiger partial charge in [0, 0.05) is 5.56 Å². The topological polar surface area (TPSA) is 37.3 Å². The molecule has 148 valence electrons. The van der Waals surface area contributed by atoms with E-state index in [0.717, 1.165) is 33.1 Å². The van der Waals surface area contributed by atoms with Crippen molar-refractivity contribution >= 4 is 13.1 Å². The number of aryl methyl sites for hydroxylation is 1. The molecule has 1 atom stereocenters. The quantitative estimate of drug-likeness (QED) is 0.392. The van der Waals surface area contributed by atoms with Gasteiger partial charge in [-0.1, -0.05) is 102 Å². The molecule has 0 radical (unpaired) electrons. The van der Waals surface area contributed by atoms with Crippen LogP contribution >= 0.6 is 7.80 Å². The van der Waals surface area contributed by atoms with Crippen molar-refractivity contribution in [3.8, 4) is 11.1 Å². The molecule has 1 unspecified atom stereocenters. The maximum absolute atomic E-state index is 13.7. The first kappa shape index (κ1) is 20.2. The fourth-order valence-electron chi connectivity index (χ4n) is 3.86. The molecule has 0 saturated carbocycles. The van der Waals surface area contributed by atoms with E-state index < -0.39 is 13.4 Å². The van der Waals surface area contributed by atoms with E-state index in [9.17, 15) is 9.67 Å². The predicted octanol–water partition coefficient (Wildman–Crippen LogP) is 6.05. The number of benzene rings is 4. The van der Waals surface area contributed by atoms with Gasteiger partial charge in [0.1, 0.15) is 0 Å². The highest BCUT2D eigenvalue weighted by molar-refractivity contribution is 7.54. The largest absolute Gasteiger partial charge is 0.381 e. The summed E-state index contributed by atoms with van der Waals surface area (Å²) in [5.41, 5.74) is 3.31. The molecule has 0 spiro atoms. The molecular weight excluding hydrogens is 387 g/mol. The summed E-state index contributed by atoms with van der Waals surface area (Å²) < 4.78 is 13.7. The van der Waals surface area contributed by atoms with E-state index in [1.165, 1.54) is 0 Å². The smallest absolute Gasteiger partial charge is 0.376 e. The van der Waals surface area contributed by atoms with Crippen molar-refractivity contribution in [2.24, 2.45) is 0 Å². The first-order valence-corrected chi connectivity index (χ1v) is 11.5. The molecule has 0 aliphatic rings. The minimum atomic E-state index is -1.87. The molecule has 0 aliphatic carbocycles. The van der Waals surface area contributed by atoms with E-state index in [1.807, 2.05) is 97.1 Å². The highest BCUT2D eigenvalue weighted by atomic mass is 31.1. The van der Waals surface area contributed by atoms with Gasteiger partial charge in [0.2, 0.25) is 0 Å². The Labute approximate surface area is 178 Å². The highest BCUT2D eigenvalue weighted by Crippen LogP contribution is 2.40. The lowest BCUT2D eigenvalue weighted by atomic mass is 9.88. The van der Waals surface area contributed by atoms with E-state index >= 15 is 0 Å². The lowest BCUT2D eigenvalue weighted by Crippen LogP contribution is -2.31. The van der Waals surface area contributed by atoms with Crippen LogP contribution in [-0.2, 0) is 10.2 Å². The lowest BCUT2D eigenvalue weighted by Gasteiger charge is -2.25. The third kappa shape index (κ3) is 3.98. The van der Waals surface area contributed by atoms with Crippen LogP contribution in [0, 0.1) is 6.92 Å². The van der Waals surface area contributed by atoms with Gasteiger partial charge < -0.3 is 5.11 Å². The molecular formula is C27H24O2P+. The summed E-state index contributed by atoms with van der Waals surface area (Å²) in [6.07, 6.45) is 0.110. The fraction of sp³-hybridized carbons (Fsp3) is 0.111. The Hall–Kier alpha value is -3.06. The second kappa shape index (κ2) is 8.75. The Morgan fingerprint density at radius 2 is 1.13 bits per heavy atom. The Morgan fingerprint density at radius 1 is 0.667 bits per heavy atom. The van der Waals surface area contributed by atoms with E-state index in [1.54, 1.807) is 0 Å². The maximum Gasteiger partial charge on any atom is 0.381 e. The average molecular weight is 411 g/mol. The molecule has 0 aliphatic heterocycles. The monoisotopic (exact) mass is 411 g/mol. The Kier molecular flexibility index (Phi) is 5.90. The van der Waals surface area contributed by atoms with Crippen LogP contribution in [0.5, 0.6) is 0 Å². The maximum atomic E-state index is 13.7. The zero-order valence-electron chi connectivity index (χ0n) is 16.9. The van der Waals surface area contributed by atoms with Crippen LogP contribution in [0.2, 0.25) is 0 Å². The molecule has 0 fully saturated rings. The zero-order chi connectivity index (χ0) is 21.0. The van der Waals surface area contributed by atoms with Crippen molar-refractivity contribution < 1.29 is 9.67 Å². The fourth-order valence-corrected chi connectivity index (χ4v) is 5.53. The third-order valence-corrected chi connectivity index (χ3v) is 7.16. The van der Waals surface area contributed by atoms with Crippen molar-refractivity contribution in [1.82, 2.24) is 0 Å². The molecule has 4 aromatic rings. The van der Waals surface area contributed by atoms with E-state index in [2.05, 4.69) is 19.1 Å². The van der Waals surface area contributed by atoms with Gasteiger partial charge >= 0.3 is 7.80 Å². The number of rotatable bonds is 6. The van der Waals surface area contributed by atoms with Gasteiger partial charge in [0.25, 0.3) is 0 Å². The second-order valence-corrected chi connectivity index (χ2v) is 9.02. The molecule has 30 heavy (non-hydrogen) atoms. The van der Waals surface area contributed by atoms with Crippen LogP contribution in [0.4, 0.5) is 0 Å². The van der Waals surface area contributed by atoms with Crippen LogP contribution in [0.15, 0.2) is 109 Å². The summed E-state index contributed by atoms with van der Waals surface area (Å²) in [7, 11) is -1.87. The van der Waals surface area contributed by atoms with Crippen LogP contribution in [0.25, 0.3) is 11.1 Å². The molecule has 2 nitrogen and oxygen atoms in total. The summed E-state index contributed by atoms with van der Waals surface area (Å²) >= 11 is 0. The highest BCUT2D eigenvalue weighted by Gasteiger charge is 2.41. The average Bonchev–Trinajstić information content (AvgIpc) is 2.80. The second-order valence-electron chi connectivity index (χ2n) is 7.46. The summed E-state index contributed by atoms with van der Waals surface area (Å²) in [5.74, 6) is 0. The Bertz CT molecular complexity index is 1110. The van der Waals surface area contributed by atoms with E-state index in [0.29, 0.717) is 0 Å². The third-order valence-electron chi connectivity index (χ3n) is 5.48. The minimum absolute atomic E-state index is 0.110. The van der Waals surface area contributed by atoms with Gasteiger partial charge in [-0.25, -0.2) is 0 Å². The first-order valence-electron chi connectivity index (χ1n) is 10.0. The number of hydrogen-bond acceptors (Lipinski definition) is 2. The molecule has 0 heterocycles. The normalized spacial score (nSPS) is 11.9. The minimum Gasteiger partial charge on any atom is -0.376 e. The Morgan fingerprint density at radius 3 is 1.70 bits per heavy atom. The molecule has 0 amide bonds. The van der Waals surface area contributed by atoms with Gasteiger partial charge in [0.05, 0.1) is 0 Å².